The van der Waals surface area contributed by atoms with Gasteiger partial charge in [-0.25, -0.2) is 13.8 Å². The quantitative estimate of drug-likeness (QED) is 0.858. The summed E-state index contributed by atoms with van der Waals surface area (Å²) in [7, 11) is 0. The van der Waals surface area contributed by atoms with Crippen LogP contribution in [0.1, 0.15) is 0 Å². The van der Waals surface area contributed by atoms with Gasteiger partial charge in [-0.1, -0.05) is 0 Å². The molecule has 0 aliphatic carbocycles. The lowest BCUT2D eigenvalue weighted by molar-refractivity contribution is -0.134. The minimum absolute atomic E-state index is 0.0788. The van der Waals surface area contributed by atoms with Crippen molar-refractivity contribution in [3.8, 4) is 0 Å². The number of carboxylic acid groups (broad SMARTS) is 1. The van der Waals surface area contributed by atoms with Gasteiger partial charge in [-0.2, -0.15) is 0 Å². The lowest BCUT2D eigenvalue weighted by atomic mass is 10.1. The number of nitrogens with one attached hydrogen (secondary N) is 1. The molecule has 0 spiro atoms. The first-order valence-corrected chi connectivity index (χ1v) is 4.77. The van der Waals surface area contributed by atoms with Gasteiger partial charge in [0.05, 0.1) is 5.39 Å². The number of pyridine rings is 1. The van der Waals surface area contributed by atoms with Crippen molar-refractivity contribution in [1.29, 1.82) is 0 Å². The van der Waals surface area contributed by atoms with Crippen LogP contribution in [-0.2, 0) is 4.79 Å². The maximum absolute atomic E-state index is 13.6. The van der Waals surface area contributed by atoms with Crippen LogP contribution in [0.15, 0.2) is 24.4 Å². The summed E-state index contributed by atoms with van der Waals surface area (Å²) in [6.45, 7) is -0.386. The van der Waals surface area contributed by atoms with Crippen molar-refractivity contribution >= 4 is 22.6 Å². The van der Waals surface area contributed by atoms with Gasteiger partial charge in [0, 0.05) is 12.3 Å². The molecule has 2 N–H and O–H groups in total. The van der Waals surface area contributed by atoms with Gasteiger partial charge in [0.2, 0.25) is 0 Å². The molecular weight excluding hydrogens is 230 g/mol. The van der Waals surface area contributed by atoms with E-state index in [1.54, 1.807) is 0 Å². The Balaban J connectivity index is 2.52. The van der Waals surface area contributed by atoms with Crippen molar-refractivity contribution in [3.63, 3.8) is 0 Å². The fourth-order valence-electron chi connectivity index (χ4n) is 1.52. The van der Waals surface area contributed by atoms with Crippen LogP contribution in [0, 0.1) is 11.6 Å². The molecule has 0 radical (unpaired) electrons. The van der Waals surface area contributed by atoms with E-state index in [4.69, 9.17) is 5.11 Å². The molecule has 0 aliphatic rings. The Kier molecular flexibility index (Phi) is 2.86. The second-order valence-corrected chi connectivity index (χ2v) is 3.39. The molecule has 4 nitrogen and oxygen atoms in total. The van der Waals surface area contributed by atoms with Crippen molar-refractivity contribution < 1.29 is 18.7 Å². The number of benzene rings is 1. The maximum atomic E-state index is 13.6. The van der Waals surface area contributed by atoms with E-state index in [0.29, 0.717) is 5.39 Å². The van der Waals surface area contributed by atoms with Gasteiger partial charge < -0.3 is 10.4 Å². The molecule has 0 bridgehead atoms. The number of carboxylic acids is 1. The SMILES string of the molecule is O=C(O)CNc1nccc2cc(F)cc(F)c12. The van der Waals surface area contributed by atoms with Crippen LogP contribution in [0.4, 0.5) is 14.6 Å². The van der Waals surface area contributed by atoms with Crippen molar-refractivity contribution in [3.05, 3.63) is 36.0 Å². The number of halogens is 2. The smallest absolute Gasteiger partial charge is 0.322 e. The van der Waals surface area contributed by atoms with Crippen LogP contribution in [0.25, 0.3) is 10.8 Å². The van der Waals surface area contributed by atoms with E-state index >= 15 is 0 Å². The minimum atomic E-state index is -1.09. The number of hydrogen-bond acceptors (Lipinski definition) is 3. The molecule has 88 valence electrons. The van der Waals surface area contributed by atoms with Crippen LogP contribution < -0.4 is 5.32 Å². The first-order valence-electron chi connectivity index (χ1n) is 4.77. The van der Waals surface area contributed by atoms with Crippen LogP contribution >= 0.6 is 0 Å². The Hall–Kier alpha value is -2.24. The lowest BCUT2D eigenvalue weighted by Gasteiger charge is -2.07. The molecule has 0 unspecified atom stereocenters. The number of anilines is 1. The fourth-order valence-corrected chi connectivity index (χ4v) is 1.52. The molecule has 6 heteroatoms. The van der Waals surface area contributed by atoms with Gasteiger partial charge in [0.25, 0.3) is 0 Å². The van der Waals surface area contributed by atoms with E-state index in [2.05, 4.69) is 10.3 Å². The Morgan fingerprint density at radius 1 is 1.41 bits per heavy atom. The molecule has 0 atom stereocenters. The van der Waals surface area contributed by atoms with Gasteiger partial charge in [0.1, 0.15) is 24.0 Å². The molecular formula is C11H8F2N2O2. The summed E-state index contributed by atoms with van der Waals surface area (Å²) < 4.78 is 26.5. The Bertz CT molecular complexity index is 587. The monoisotopic (exact) mass is 238 g/mol. The van der Waals surface area contributed by atoms with Gasteiger partial charge in [-0.3, -0.25) is 4.79 Å². The van der Waals surface area contributed by atoms with Crippen LogP contribution in [-0.4, -0.2) is 22.6 Å². The summed E-state index contributed by atoms with van der Waals surface area (Å²) in [5, 5.41) is 11.4. The van der Waals surface area contributed by atoms with E-state index in [0.717, 1.165) is 12.1 Å². The number of aliphatic carboxylic acids is 1. The second kappa shape index (κ2) is 4.32. The highest BCUT2D eigenvalue weighted by molar-refractivity contribution is 5.93. The summed E-state index contributed by atoms with van der Waals surface area (Å²) in [4.78, 5) is 14.2. The van der Waals surface area contributed by atoms with Crippen molar-refractivity contribution in [2.45, 2.75) is 0 Å². The van der Waals surface area contributed by atoms with Gasteiger partial charge >= 0.3 is 5.97 Å². The minimum Gasteiger partial charge on any atom is -0.480 e. The molecule has 1 aromatic carbocycles. The van der Waals surface area contributed by atoms with Gasteiger partial charge in [0.15, 0.2) is 0 Å². The molecule has 0 aliphatic heterocycles. The number of aromatic nitrogens is 1. The first kappa shape index (κ1) is 11.3. The highest BCUT2D eigenvalue weighted by atomic mass is 19.1. The molecule has 2 aromatic rings. The molecule has 0 saturated carbocycles. The largest absolute Gasteiger partial charge is 0.480 e. The number of carbonyl (C=O) groups is 1. The summed E-state index contributed by atoms with van der Waals surface area (Å²) in [6, 6.07) is 3.34. The highest BCUT2D eigenvalue weighted by Gasteiger charge is 2.10. The Morgan fingerprint density at radius 3 is 2.88 bits per heavy atom. The molecule has 1 heterocycles. The molecule has 17 heavy (non-hydrogen) atoms. The van der Waals surface area contributed by atoms with E-state index < -0.39 is 17.6 Å². The third-order valence-corrected chi connectivity index (χ3v) is 2.19. The van der Waals surface area contributed by atoms with Crippen LogP contribution in [0.5, 0.6) is 0 Å². The first-order chi connectivity index (χ1) is 8.08. The van der Waals surface area contributed by atoms with Gasteiger partial charge in [-0.15, -0.1) is 0 Å². The third-order valence-electron chi connectivity index (χ3n) is 2.19. The van der Waals surface area contributed by atoms with Crippen molar-refractivity contribution in [2.75, 3.05) is 11.9 Å². The van der Waals surface area contributed by atoms with Gasteiger partial charge in [-0.05, 0) is 17.5 Å². The summed E-state index contributed by atoms with van der Waals surface area (Å²) in [6.07, 6.45) is 1.35. The van der Waals surface area contributed by atoms with E-state index in [9.17, 15) is 13.6 Å². The van der Waals surface area contributed by atoms with Crippen molar-refractivity contribution in [1.82, 2.24) is 4.98 Å². The van der Waals surface area contributed by atoms with E-state index in [1.807, 2.05) is 0 Å². The summed E-state index contributed by atoms with van der Waals surface area (Å²) in [5.74, 6) is -2.47. The number of hydrogen-bond donors (Lipinski definition) is 2. The standard InChI is InChI=1S/C11H8F2N2O2/c12-7-3-6-1-2-14-11(15-5-9(16)17)10(6)8(13)4-7/h1-4H,5H2,(H,14,15)(H,16,17). The van der Waals surface area contributed by atoms with Crippen LogP contribution in [0.2, 0.25) is 0 Å². The normalized spacial score (nSPS) is 10.5. The number of rotatable bonds is 3. The third kappa shape index (κ3) is 2.30. The zero-order valence-electron chi connectivity index (χ0n) is 8.58. The average Bonchev–Trinajstić information content (AvgIpc) is 2.25. The molecule has 0 fully saturated rings. The number of nitrogens with zero attached hydrogens (tertiary/aromatic N) is 1. The van der Waals surface area contributed by atoms with Crippen LogP contribution in [0.3, 0.4) is 0 Å². The predicted molar refractivity (Wildman–Crippen MR) is 57.8 cm³/mol. The Morgan fingerprint density at radius 2 is 2.18 bits per heavy atom. The zero-order valence-corrected chi connectivity index (χ0v) is 8.58. The Labute approximate surface area is 94.9 Å². The summed E-state index contributed by atoms with van der Waals surface area (Å²) >= 11 is 0. The predicted octanol–water partition coefficient (Wildman–Crippen LogP) is 2.01. The molecule has 1 aromatic heterocycles. The topological polar surface area (TPSA) is 62.2 Å². The average molecular weight is 238 g/mol. The summed E-state index contributed by atoms with van der Waals surface area (Å²) in [5.41, 5.74) is 0. The molecule has 0 amide bonds. The fraction of sp³-hybridized carbons (Fsp3) is 0.0909. The highest BCUT2D eigenvalue weighted by Crippen LogP contribution is 2.25. The molecule has 0 saturated heterocycles. The lowest BCUT2D eigenvalue weighted by Crippen LogP contribution is -2.13. The van der Waals surface area contributed by atoms with Crippen molar-refractivity contribution in [2.24, 2.45) is 0 Å². The zero-order chi connectivity index (χ0) is 12.4. The number of fused-ring (bicyclic) bond motifs is 1. The van der Waals surface area contributed by atoms with E-state index in [1.165, 1.54) is 12.3 Å². The van der Waals surface area contributed by atoms with E-state index in [-0.39, 0.29) is 17.7 Å². The molecule has 2 rings (SSSR count). The maximum Gasteiger partial charge on any atom is 0.322 e. The second-order valence-electron chi connectivity index (χ2n) is 3.39.